The molecular weight excluding hydrogens is 332 g/mol. The van der Waals surface area contributed by atoms with Crippen molar-refractivity contribution >= 4 is 12.1 Å². The Morgan fingerprint density at radius 2 is 1.62 bits per heavy atom. The van der Waals surface area contributed by atoms with Crippen molar-refractivity contribution in [1.82, 2.24) is 5.43 Å². The van der Waals surface area contributed by atoms with Gasteiger partial charge in [0.05, 0.1) is 27.5 Å². The normalized spacial score (nSPS) is 10.8. The number of hydrogen-bond acceptors (Lipinski definition) is 5. The first-order valence-corrected chi connectivity index (χ1v) is 8.24. The summed E-state index contributed by atoms with van der Waals surface area (Å²) < 4.78 is 15.9. The molecule has 1 amide bonds. The lowest BCUT2D eigenvalue weighted by Gasteiger charge is -2.13. The van der Waals surface area contributed by atoms with Gasteiger partial charge in [0, 0.05) is 11.1 Å². The number of benzene rings is 2. The average Bonchev–Trinajstić information content (AvgIpc) is 2.67. The number of nitrogens with zero attached hydrogens (tertiary/aromatic N) is 1. The van der Waals surface area contributed by atoms with E-state index >= 15 is 0 Å². The van der Waals surface area contributed by atoms with Crippen LogP contribution in [0.4, 0.5) is 0 Å². The summed E-state index contributed by atoms with van der Waals surface area (Å²) >= 11 is 0. The minimum Gasteiger partial charge on any atom is -0.493 e. The maximum Gasteiger partial charge on any atom is 0.271 e. The van der Waals surface area contributed by atoms with Crippen LogP contribution in [0.3, 0.4) is 0 Å². The molecule has 1 N–H and O–H groups in total. The van der Waals surface area contributed by atoms with Crippen LogP contribution in [-0.2, 0) is 0 Å². The first kappa shape index (κ1) is 19.3. The summed E-state index contributed by atoms with van der Waals surface area (Å²) in [7, 11) is 4.61. The maximum absolute atomic E-state index is 12.2. The molecule has 0 saturated heterocycles. The predicted octanol–water partition coefficient (Wildman–Crippen LogP) is 3.60. The van der Waals surface area contributed by atoms with Crippen molar-refractivity contribution in [2.24, 2.45) is 5.10 Å². The van der Waals surface area contributed by atoms with E-state index in [0.717, 1.165) is 0 Å². The third-order valence-corrected chi connectivity index (χ3v) is 3.94. The van der Waals surface area contributed by atoms with Gasteiger partial charge < -0.3 is 14.2 Å². The summed E-state index contributed by atoms with van der Waals surface area (Å²) in [6, 6.07) is 11.0. The van der Waals surface area contributed by atoms with E-state index in [0.29, 0.717) is 34.3 Å². The van der Waals surface area contributed by atoms with Gasteiger partial charge in [-0.25, -0.2) is 5.43 Å². The average molecular weight is 356 g/mol. The highest BCUT2D eigenvalue weighted by Crippen LogP contribution is 2.38. The minimum absolute atomic E-state index is 0.281. The molecule has 0 aliphatic heterocycles. The Balaban J connectivity index is 2.13. The molecule has 26 heavy (non-hydrogen) atoms. The van der Waals surface area contributed by atoms with Crippen LogP contribution in [0.2, 0.25) is 0 Å². The molecule has 0 fully saturated rings. The van der Waals surface area contributed by atoms with Gasteiger partial charge >= 0.3 is 0 Å². The summed E-state index contributed by atoms with van der Waals surface area (Å²) in [6.45, 7) is 4.21. The second kappa shape index (κ2) is 8.89. The third kappa shape index (κ3) is 4.33. The molecule has 2 aromatic rings. The predicted molar refractivity (Wildman–Crippen MR) is 102 cm³/mol. The number of carbonyl (C=O) groups excluding carboxylic acids is 1. The third-order valence-electron chi connectivity index (χ3n) is 3.94. The lowest BCUT2D eigenvalue weighted by molar-refractivity contribution is 0.0955. The van der Waals surface area contributed by atoms with Crippen LogP contribution in [0, 0.1) is 0 Å². The van der Waals surface area contributed by atoms with E-state index in [1.807, 2.05) is 12.1 Å². The zero-order valence-corrected chi connectivity index (χ0v) is 15.7. The largest absolute Gasteiger partial charge is 0.493 e. The fourth-order valence-electron chi connectivity index (χ4n) is 2.47. The number of hydrogen-bond donors (Lipinski definition) is 1. The monoisotopic (exact) mass is 356 g/mol. The second-order valence-corrected chi connectivity index (χ2v) is 5.90. The number of hydrazone groups is 1. The fraction of sp³-hybridized carbons (Fsp3) is 0.300. The Morgan fingerprint density at radius 1 is 0.962 bits per heavy atom. The van der Waals surface area contributed by atoms with Gasteiger partial charge in [0.15, 0.2) is 11.5 Å². The van der Waals surface area contributed by atoms with Gasteiger partial charge in [0.2, 0.25) is 5.75 Å². The number of rotatable bonds is 7. The number of ether oxygens (including phenoxy) is 3. The maximum atomic E-state index is 12.2. The molecular formula is C20H24N2O4. The smallest absolute Gasteiger partial charge is 0.271 e. The van der Waals surface area contributed by atoms with E-state index in [9.17, 15) is 4.79 Å². The van der Waals surface area contributed by atoms with Crippen molar-refractivity contribution in [3.8, 4) is 17.2 Å². The summed E-state index contributed by atoms with van der Waals surface area (Å²) in [4.78, 5) is 12.2. The molecule has 2 aromatic carbocycles. The fourth-order valence-corrected chi connectivity index (χ4v) is 2.47. The van der Waals surface area contributed by atoms with Crippen molar-refractivity contribution in [2.75, 3.05) is 21.3 Å². The Hall–Kier alpha value is -3.02. The Morgan fingerprint density at radius 3 is 2.15 bits per heavy atom. The molecule has 0 bridgehead atoms. The molecule has 0 heterocycles. The van der Waals surface area contributed by atoms with Crippen molar-refractivity contribution in [1.29, 1.82) is 0 Å². The van der Waals surface area contributed by atoms with Crippen LogP contribution in [-0.4, -0.2) is 33.5 Å². The van der Waals surface area contributed by atoms with Gasteiger partial charge in [-0.05, 0) is 35.7 Å². The summed E-state index contributed by atoms with van der Waals surface area (Å²) in [5.74, 6) is 1.63. The molecule has 138 valence electrons. The molecule has 0 atom stereocenters. The molecule has 0 unspecified atom stereocenters. The van der Waals surface area contributed by atoms with E-state index < -0.39 is 0 Å². The molecule has 6 nitrogen and oxygen atoms in total. The number of carbonyl (C=O) groups is 1. The van der Waals surface area contributed by atoms with Crippen molar-refractivity contribution in [3.63, 3.8) is 0 Å². The van der Waals surface area contributed by atoms with Crippen LogP contribution in [0.15, 0.2) is 41.5 Å². The van der Waals surface area contributed by atoms with Gasteiger partial charge in [-0.1, -0.05) is 26.0 Å². The standard InChI is InChI=1S/C20H24N2O4/c1-13(2)14-6-8-15(9-7-14)20(23)22-21-12-16-10-11-17(24-3)19(26-5)18(16)25-4/h6-13H,1-5H3,(H,22,23)/b21-12+. The molecule has 0 aliphatic rings. The topological polar surface area (TPSA) is 69.2 Å². The van der Waals surface area contributed by atoms with E-state index in [-0.39, 0.29) is 5.91 Å². The molecule has 0 aliphatic carbocycles. The highest BCUT2D eigenvalue weighted by molar-refractivity contribution is 5.95. The Bertz CT molecular complexity index is 783. The van der Waals surface area contributed by atoms with Crippen LogP contribution < -0.4 is 19.6 Å². The minimum atomic E-state index is -0.281. The summed E-state index contributed by atoms with van der Waals surface area (Å²) in [6.07, 6.45) is 1.50. The van der Waals surface area contributed by atoms with Crippen LogP contribution in [0.25, 0.3) is 0 Å². The zero-order chi connectivity index (χ0) is 19.1. The van der Waals surface area contributed by atoms with Crippen LogP contribution in [0.5, 0.6) is 17.2 Å². The van der Waals surface area contributed by atoms with Crippen LogP contribution >= 0.6 is 0 Å². The van der Waals surface area contributed by atoms with E-state index in [1.54, 1.807) is 31.4 Å². The van der Waals surface area contributed by atoms with E-state index in [4.69, 9.17) is 14.2 Å². The van der Waals surface area contributed by atoms with Gasteiger partial charge in [-0.15, -0.1) is 0 Å². The molecule has 0 saturated carbocycles. The van der Waals surface area contributed by atoms with Crippen molar-refractivity contribution in [3.05, 3.63) is 53.1 Å². The molecule has 0 radical (unpaired) electrons. The molecule has 0 aromatic heterocycles. The zero-order valence-electron chi connectivity index (χ0n) is 15.7. The lowest BCUT2D eigenvalue weighted by Crippen LogP contribution is -2.17. The molecule has 0 spiro atoms. The van der Waals surface area contributed by atoms with Gasteiger partial charge in [-0.2, -0.15) is 5.10 Å². The number of amides is 1. The molecule has 6 heteroatoms. The first-order valence-electron chi connectivity index (χ1n) is 8.24. The van der Waals surface area contributed by atoms with Crippen molar-refractivity contribution < 1.29 is 19.0 Å². The van der Waals surface area contributed by atoms with Gasteiger partial charge in [0.1, 0.15) is 0 Å². The lowest BCUT2D eigenvalue weighted by atomic mass is 10.0. The SMILES string of the molecule is COc1ccc(/C=N/NC(=O)c2ccc(C(C)C)cc2)c(OC)c1OC. The van der Waals surface area contributed by atoms with E-state index in [1.165, 1.54) is 26.0 Å². The highest BCUT2D eigenvalue weighted by Gasteiger charge is 2.14. The first-order chi connectivity index (χ1) is 12.5. The number of nitrogens with one attached hydrogen (secondary N) is 1. The van der Waals surface area contributed by atoms with Crippen LogP contribution in [0.1, 0.15) is 41.3 Å². The Labute approximate surface area is 153 Å². The quantitative estimate of drug-likeness (QED) is 0.608. The van der Waals surface area contributed by atoms with Gasteiger partial charge in [-0.3, -0.25) is 4.79 Å². The summed E-state index contributed by atoms with van der Waals surface area (Å²) in [5.41, 5.74) is 4.90. The highest BCUT2D eigenvalue weighted by atomic mass is 16.5. The number of methoxy groups -OCH3 is 3. The van der Waals surface area contributed by atoms with Gasteiger partial charge in [0.25, 0.3) is 5.91 Å². The Kier molecular flexibility index (Phi) is 6.60. The summed E-state index contributed by atoms with van der Waals surface area (Å²) in [5, 5.41) is 4.01. The van der Waals surface area contributed by atoms with Crippen molar-refractivity contribution in [2.45, 2.75) is 19.8 Å². The molecule has 2 rings (SSSR count). The second-order valence-electron chi connectivity index (χ2n) is 5.90. The van der Waals surface area contributed by atoms with E-state index in [2.05, 4.69) is 24.4 Å².